The number of hydrogen-bond donors (Lipinski definition) is 0. The maximum Gasteiger partial charge on any atom is 0.119 e. The molecule has 2 unspecified atom stereocenters. The molecule has 0 aliphatic heterocycles. The van der Waals surface area contributed by atoms with Crippen molar-refractivity contribution in [3.8, 4) is 16.9 Å². The molecule has 186 valence electrons. The molecule has 0 aromatic heterocycles. The molecule has 2 aromatic carbocycles. The second-order valence-electron chi connectivity index (χ2n) is 11.6. The Morgan fingerprint density at radius 1 is 1.11 bits per heavy atom. The van der Waals surface area contributed by atoms with E-state index in [1.165, 1.54) is 52.7 Å². The Hall–Kier alpha value is -2.74. The Kier molecular flexibility index (Phi) is 7.59. The predicted octanol–water partition coefficient (Wildman–Crippen LogP) is 9.12. The summed E-state index contributed by atoms with van der Waals surface area (Å²) in [5.74, 6) is 3.38. The zero-order valence-corrected chi connectivity index (χ0v) is 22.5. The molecule has 0 heterocycles. The minimum Gasteiger partial charge on any atom is -0.494 e. The van der Waals surface area contributed by atoms with E-state index in [0.717, 1.165) is 41.9 Å². The van der Waals surface area contributed by atoms with Crippen LogP contribution in [0.3, 0.4) is 0 Å². The number of rotatable bonds is 9. The van der Waals surface area contributed by atoms with Crippen molar-refractivity contribution in [3.63, 3.8) is 0 Å². The van der Waals surface area contributed by atoms with Crippen molar-refractivity contribution < 1.29 is 9.47 Å². The molecule has 0 saturated heterocycles. The number of benzene rings is 2. The Labute approximate surface area is 212 Å². The molecule has 0 radical (unpaired) electrons. The van der Waals surface area contributed by atoms with E-state index in [1.54, 1.807) is 0 Å². The van der Waals surface area contributed by atoms with Gasteiger partial charge in [0, 0.05) is 0 Å². The van der Waals surface area contributed by atoms with Crippen LogP contribution in [0.5, 0.6) is 5.75 Å². The second-order valence-corrected chi connectivity index (χ2v) is 11.6. The average Bonchev–Trinajstić information content (AvgIpc) is 3.46. The van der Waals surface area contributed by atoms with Crippen molar-refractivity contribution in [2.24, 2.45) is 17.3 Å². The number of ether oxygens (including phenoxy) is 2. The first-order chi connectivity index (χ1) is 16.6. The molecule has 4 rings (SSSR count). The van der Waals surface area contributed by atoms with Crippen molar-refractivity contribution in [3.05, 3.63) is 88.7 Å². The highest BCUT2D eigenvalue weighted by molar-refractivity contribution is 5.72. The molecular formula is C33H42O2. The first-order valence-corrected chi connectivity index (χ1v) is 13.2. The summed E-state index contributed by atoms with van der Waals surface area (Å²) in [7, 11) is 0. The van der Waals surface area contributed by atoms with Crippen LogP contribution in [-0.4, -0.2) is 6.61 Å². The summed E-state index contributed by atoms with van der Waals surface area (Å²) in [4.78, 5) is 0. The van der Waals surface area contributed by atoms with Gasteiger partial charge in [-0.25, -0.2) is 0 Å². The highest BCUT2D eigenvalue weighted by Crippen LogP contribution is 2.57. The molecule has 0 N–H and O–H groups in total. The lowest BCUT2D eigenvalue weighted by Gasteiger charge is -2.18. The Morgan fingerprint density at radius 3 is 2.54 bits per heavy atom. The van der Waals surface area contributed by atoms with Gasteiger partial charge in [0.1, 0.15) is 18.1 Å². The summed E-state index contributed by atoms with van der Waals surface area (Å²) in [6, 6.07) is 13.0. The van der Waals surface area contributed by atoms with E-state index in [4.69, 9.17) is 9.47 Å². The molecule has 2 aromatic rings. The third-order valence-corrected chi connectivity index (χ3v) is 7.31. The van der Waals surface area contributed by atoms with Crippen LogP contribution < -0.4 is 4.74 Å². The number of fused-ring (bicyclic) bond motifs is 1. The van der Waals surface area contributed by atoms with E-state index in [1.807, 2.05) is 0 Å². The Balaban J connectivity index is 1.38. The quantitative estimate of drug-likeness (QED) is 0.269. The topological polar surface area (TPSA) is 18.5 Å². The fourth-order valence-electron chi connectivity index (χ4n) is 5.52. The van der Waals surface area contributed by atoms with E-state index in [0.29, 0.717) is 12.0 Å². The minimum absolute atomic E-state index is 0.351. The zero-order chi connectivity index (χ0) is 25.2. The molecule has 2 nitrogen and oxygen atoms in total. The van der Waals surface area contributed by atoms with Crippen LogP contribution in [0.25, 0.3) is 11.1 Å². The van der Waals surface area contributed by atoms with Crippen LogP contribution in [0.4, 0.5) is 0 Å². The van der Waals surface area contributed by atoms with Gasteiger partial charge in [0.05, 0.1) is 6.61 Å². The van der Waals surface area contributed by atoms with Gasteiger partial charge >= 0.3 is 0 Å². The maximum atomic E-state index is 6.08. The van der Waals surface area contributed by atoms with Gasteiger partial charge in [-0.3, -0.25) is 0 Å². The average molecular weight is 471 g/mol. The zero-order valence-electron chi connectivity index (χ0n) is 22.5. The van der Waals surface area contributed by atoms with Gasteiger partial charge in [0.25, 0.3) is 0 Å². The van der Waals surface area contributed by atoms with Crippen LogP contribution in [0.15, 0.2) is 72.0 Å². The van der Waals surface area contributed by atoms with E-state index in [2.05, 4.69) is 96.7 Å². The molecular weight excluding hydrogens is 428 g/mol. The van der Waals surface area contributed by atoms with Gasteiger partial charge in [-0.1, -0.05) is 51.6 Å². The van der Waals surface area contributed by atoms with E-state index >= 15 is 0 Å². The van der Waals surface area contributed by atoms with E-state index in [-0.39, 0.29) is 0 Å². The lowest BCUT2D eigenvalue weighted by Crippen LogP contribution is -2.08. The maximum absolute atomic E-state index is 6.08. The summed E-state index contributed by atoms with van der Waals surface area (Å²) in [6.45, 7) is 18.8. The van der Waals surface area contributed by atoms with Crippen molar-refractivity contribution in [1.82, 2.24) is 0 Å². The molecule has 0 amide bonds. The standard InChI is InChI=1S/C33H42O2/c1-8-30-27(19-28-20-31(28)30)17-24(4)35-21-25-11-9-12-26(18-25)32-22(2)15-29(16-23(32)3)34-14-10-13-33(5,6)7/h8-9,11-12,15-18,28,31H,4,10,13-14,19-21H2,1-3,5-7H3/b27-17-,30-8+. The van der Waals surface area contributed by atoms with Crippen LogP contribution in [-0.2, 0) is 11.3 Å². The molecule has 2 saturated carbocycles. The molecule has 2 fully saturated rings. The summed E-state index contributed by atoms with van der Waals surface area (Å²) in [5, 5.41) is 0. The smallest absolute Gasteiger partial charge is 0.119 e. The van der Waals surface area contributed by atoms with Crippen molar-refractivity contribution >= 4 is 0 Å². The van der Waals surface area contributed by atoms with Crippen LogP contribution in [0, 0.1) is 31.1 Å². The highest BCUT2D eigenvalue weighted by Gasteiger charge is 2.46. The third kappa shape index (κ3) is 6.48. The van der Waals surface area contributed by atoms with E-state index in [9.17, 15) is 0 Å². The van der Waals surface area contributed by atoms with Crippen LogP contribution in [0.2, 0.25) is 0 Å². The molecule has 2 atom stereocenters. The van der Waals surface area contributed by atoms with Crippen molar-refractivity contribution in [1.29, 1.82) is 0 Å². The molecule has 2 aliphatic rings. The summed E-state index contributed by atoms with van der Waals surface area (Å²) in [6.07, 6.45) is 9.20. The molecule has 35 heavy (non-hydrogen) atoms. The molecule has 2 aliphatic carbocycles. The van der Waals surface area contributed by atoms with Gasteiger partial charge in [-0.15, -0.1) is 0 Å². The third-order valence-electron chi connectivity index (χ3n) is 7.31. The Morgan fingerprint density at radius 2 is 1.86 bits per heavy atom. The van der Waals surface area contributed by atoms with Gasteiger partial charge in [-0.2, -0.15) is 0 Å². The highest BCUT2D eigenvalue weighted by atomic mass is 16.5. The first kappa shape index (κ1) is 25.4. The largest absolute Gasteiger partial charge is 0.494 e. The molecule has 0 bridgehead atoms. The van der Waals surface area contributed by atoms with Gasteiger partial charge in [0.2, 0.25) is 0 Å². The Bertz CT molecular complexity index is 1120. The minimum atomic E-state index is 0.351. The normalized spacial score (nSPS) is 21.3. The number of hydrogen-bond acceptors (Lipinski definition) is 2. The second kappa shape index (κ2) is 10.5. The monoisotopic (exact) mass is 470 g/mol. The lowest BCUT2D eigenvalue weighted by molar-refractivity contribution is 0.212. The van der Waals surface area contributed by atoms with Gasteiger partial charge in [0.15, 0.2) is 0 Å². The predicted molar refractivity (Wildman–Crippen MR) is 148 cm³/mol. The number of allylic oxidation sites excluding steroid dienone is 4. The van der Waals surface area contributed by atoms with Crippen LogP contribution in [0.1, 0.15) is 70.1 Å². The summed E-state index contributed by atoms with van der Waals surface area (Å²) >= 11 is 0. The van der Waals surface area contributed by atoms with Crippen LogP contribution >= 0.6 is 0 Å². The van der Waals surface area contributed by atoms with Gasteiger partial charge < -0.3 is 9.47 Å². The summed E-state index contributed by atoms with van der Waals surface area (Å²) < 4.78 is 12.1. The van der Waals surface area contributed by atoms with Crippen molar-refractivity contribution in [2.45, 2.75) is 73.8 Å². The molecule has 0 spiro atoms. The fourth-order valence-corrected chi connectivity index (χ4v) is 5.52. The SMILES string of the molecule is C=C(/C=C1/CC2CC2/C1=C/C)OCc1cccc(-c2c(C)cc(OCCCC(C)(C)C)cc2C)c1. The van der Waals surface area contributed by atoms with E-state index < -0.39 is 0 Å². The lowest BCUT2D eigenvalue weighted by atomic mass is 9.91. The van der Waals surface area contributed by atoms with Gasteiger partial charge in [-0.05, 0) is 127 Å². The summed E-state index contributed by atoms with van der Waals surface area (Å²) in [5.41, 5.74) is 9.40. The number of aryl methyl sites for hydroxylation is 2. The molecule has 2 heteroatoms. The fraction of sp³-hybridized carbons (Fsp3) is 0.455. The van der Waals surface area contributed by atoms with Crippen molar-refractivity contribution in [2.75, 3.05) is 6.61 Å². The first-order valence-electron chi connectivity index (χ1n) is 13.2.